The van der Waals surface area contributed by atoms with Crippen molar-refractivity contribution in [3.05, 3.63) is 53.4 Å². The van der Waals surface area contributed by atoms with Crippen molar-refractivity contribution in [1.82, 2.24) is 24.5 Å². The topological polar surface area (TPSA) is 108 Å². The molecule has 0 fully saturated rings. The first-order chi connectivity index (χ1) is 14.5. The number of aryl methyl sites for hydroxylation is 1. The number of hydrogen-bond donors (Lipinski definition) is 1. The van der Waals surface area contributed by atoms with Crippen LogP contribution in [0.15, 0.2) is 52.7 Å². The molecule has 156 valence electrons. The van der Waals surface area contributed by atoms with Gasteiger partial charge in [0.15, 0.2) is 11.5 Å². The lowest BCUT2D eigenvalue weighted by molar-refractivity contribution is 0.306. The van der Waals surface area contributed by atoms with E-state index in [0.29, 0.717) is 23.1 Å². The first-order valence-corrected chi connectivity index (χ1v) is 11.3. The van der Waals surface area contributed by atoms with Crippen molar-refractivity contribution in [1.29, 1.82) is 0 Å². The molecule has 3 heterocycles. The van der Waals surface area contributed by atoms with Crippen LogP contribution in [0.5, 0.6) is 11.6 Å². The normalized spacial score (nSPS) is 11.7. The summed E-state index contributed by atoms with van der Waals surface area (Å²) in [4.78, 5) is 0.934. The molecular weight excluding hydrogens is 426 g/mol. The predicted octanol–water partition coefficient (Wildman–Crippen LogP) is 2.53. The summed E-state index contributed by atoms with van der Waals surface area (Å²) in [7, 11) is -1.96. The van der Waals surface area contributed by atoms with Crippen molar-refractivity contribution < 1.29 is 17.9 Å². The minimum Gasteiger partial charge on any atom is -0.496 e. The van der Waals surface area contributed by atoms with Crippen LogP contribution in [0.4, 0.5) is 0 Å². The first-order valence-electron chi connectivity index (χ1n) is 9.03. The van der Waals surface area contributed by atoms with Crippen LogP contribution in [0.25, 0.3) is 17.0 Å². The van der Waals surface area contributed by atoms with Crippen LogP contribution in [0.1, 0.15) is 4.88 Å². The summed E-state index contributed by atoms with van der Waals surface area (Å²) in [6.07, 6.45) is 0. The van der Waals surface area contributed by atoms with Gasteiger partial charge in [-0.3, -0.25) is 0 Å². The van der Waals surface area contributed by atoms with Gasteiger partial charge in [-0.05, 0) is 37.3 Å². The van der Waals surface area contributed by atoms with Crippen molar-refractivity contribution in [3.63, 3.8) is 0 Å². The summed E-state index contributed by atoms with van der Waals surface area (Å²) in [6, 6.07) is 14.2. The fraction of sp³-hybridized carbons (Fsp3) is 0.211. The molecule has 0 aliphatic rings. The monoisotopic (exact) mass is 445 g/mol. The maximum Gasteiger partial charge on any atom is 0.250 e. The highest BCUT2D eigenvalue weighted by Crippen LogP contribution is 2.28. The molecule has 1 aromatic carbocycles. The highest BCUT2D eigenvalue weighted by molar-refractivity contribution is 7.91. The van der Waals surface area contributed by atoms with Gasteiger partial charge >= 0.3 is 0 Å². The quantitative estimate of drug-likeness (QED) is 0.415. The molecule has 4 rings (SSSR count). The Hall–Kier alpha value is -3.02. The van der Waals surface area contributed by atoms with E-state index in [9.17, 15) is 8.42 Å². The van der Waals surface area contributed by atoms with Gasteiger partial charge in [-0.15, -0.1) is 26.6 Å². The Kier molecular flexibility index (Phi) is 5.66. The van der Waals surface area contributed by atoms with Gasteiger partial charge in [0.1, 0.15) is 16.6 Å². The van der Waals surface area contributed by atoms with Gasteiger partial charge in [-0.25, -0.2) is 13.1 Å². The number of para-hydroxylation sites is 1. The average molecular weight is 446 g/mol. The SMILES string of the molecule is COc1ccccc1-c1nnc2ccc(OCCNS(=O)(=O)c3ccc(C)s3)nn12. The maximum atomic E-state index is 12.3. The molecule has 0 spiro atoms. The fourth-order valence-electron chi connectivity index (χ4n) is 2.81. The summed E-state index contributed by atoms with van der Waals surface area (Å²) >= 11 is 1.22. The van der Waals surface area contributed by atoms with Crippen molar-refractivity contribution in [2.24, 2.45) is 0 Å². The molecule has 0 saturated heterocycles. The lowest BCUT2D eigenvalue weighted by Gasteiger charge is -2.08. The summed E-state index contributed by atoms with van der Waals surface area (Å²) < 4.78 is 39.9. The summed E-state index contributed by atoms with van der Waals surface area (Å²) in [6.45, 7) is 2.09. The van der Waals surface area contributed by atoms with Crippen LogP contribution in [0.2, 0.25) is 0 Å². The Bertz CT molecular complexity index is 1280. The van der Waals surface area contributed by atoms with E-state index >= 15 is 0 Å². The van der Waals surface area contributed by atoms with Gasteiger partial charge in [0.25, 0.3) is 0 Å². The molecule has 1 N–H and O–H groups in total. The number of hydrogen-bond acceptors (Lipinski definition) is 8. The number of methoxy groups -OCH3 is 1. The van der Waals surface area contributed by atoms with Gasteiger partial charge < -0.3 is 9.47 Å². The maximum absolute atomic E-state index is 12.3. The number of sulfonamides is 1. The first kappa shape index (κ1) is 20.3. The molecule has 0 amide bonds. The van der Waals surface area contributed by atoms with Crippen molar-refractivity contribution >= 4 is 27.0 Å². The van der Waals surface area contributed by atoms with E-state index in [1.54, 1.807) is 35.9 Å². The molecule has 4 aromatic rings. The van der Waals surface area contributed by atoms with E-state index in [1.165, 1.54) is 11.3 Å². The number of fused-ring (bicyclic) bond motifs is 1. The summed E-state index contributed by atoms with van der Waals surface area (Å²) in [5.41, 5.74) is 1.30. The number of benzene rings is 1. The molecule has 0 unspecified atom stereocenters. The number of thiophene rings is 1. The van der Waals surface area contributed by atoms with Gasteiger partial charge in [0.2, 0.25) is 15.9 Å². The van der Waals surface area contributed by atoms with Crippen LogP contribution < -0.4 is 14.2 Å². The smallest absolute Gasteiger partial charge is 0.250 e. The third-order valence-electron chi connectivity index (χ3n) is 4.21. The molecule has 9 nitrogen and oxygen atoms in total. The number of nitrogens with one attached hydrogen (secondary N) is 1. The number of rotatable bonds is 8. The van der Waals surface area contributed by atoms with Gasteiger partial charge in [-0.1, -0.05) is 12.1 Å². The molecular formula is C19H19N5O4S2. The van der Waals surface area contributed by atoms with Crippen molar-refractivity contribution in [2.45, 2.75) is 11.1 Å². The molecule has 30 heavy (non-hydrogen) atoms. The lowest BCUT2D eigenvalue weighted by atomic mass is 10.2. The molecule has 0 radical (unpaired) electrons. The van der Waals surface area contributed by atoms with E-state index in [4.69, 9.17) is 9.47 Å². The number of nitrogens with zero attached hydrogens (tertiary/aromatic N) is 4. The molecule has 3 aromatic heterocycles. The molecule has 0 saturated carbocycles. The molecule has 0 aliphatic heterocycles. The standard InChI is InChI=1S/C19H19N5O4S2/c1-13-7-10-18(29-13)30(25,26)20-11-12-28-17-9-8-16-21-22-19(24(16)23-17)14-5-3-4-6-15(14)27-2/h3-10,20H,11-12H2,1-2H3. The second-order valence-corrected chi connectivity index (χ2v) is 9.56. The van der Waals surface area contributed by atoms with E-state index < -0.39 is 10.0 Å². The zero-order valence-electron chi connectivity index (χ0n) is 16.3. The zero-order valence-corrected chi connectivity index (χ0v) is 17.9. The third-order valence-corrected chi connectivity index (χ3v) is 7.16. The van der Waals surface area contributed by atoms with Gasteiger partial charge in [0.05, 0.1) is 12.7 Å². The number of aromatic nitrogens is 4. The van der Waals surface area contributed by atoms with Crippen LogP contribution >= 0.6 is 11.3 Å². The Morgan fingerprint density at radius 1 is 1.10 bits per heavy atom. The second kappa shape index (κ2) is 8.38. The van der Waals surface area contributed by atoms with Crippen LogP contribution in [0, 0.1) is 6.92 Å². The Morgan fingerprint density at radius 2 is 1.93 bits per heavy atom. The molecule has 0 aliphatic carbocycles. The highest BCUT2D eigenvalue weighted by Gasteiger charge is 2.16. The van der Waals surface area contributed by atoms with Gasteiger partial charge in [-0.2, -0.15) is 4.52 Å². The minimum absolute atomic E-state index is 0.112. The van der Waals surface area contributed by atoms with Crippen LogP contribution in [0.3, 0.4) is 0 Å². The zero-order chi connectivity index (χ0) is 21.1. The van der Waals surface area contributed by atoms with Gasteiger partial charge in [0, 0.05) is 17.5 Å². The Balaban J connectivity index is 1.46. The van der Waals surface area contributed by atoms with Crippen LogP contribution in [-0.4, -0.2) is 48.5 Å². The molecule has 0 bridgehead atoms. The fourth-order valence-corrected chi connectivity index (χ4v) is 5.15. The predicted molar refractivity (Wildman–Crippen MR) is 113 cm³/mol. The van der Waals surface area contributed by atoms with E-state index in [1.807, 2.05) is 31.2 Å². The third kappa shape index (κ3) is 4.13. The Morgan fingerprint density at radius 3 is 2.70 bits per heavy atom. The lowest BCUT2D eigenvalue weighted by Crippen LogP contribution is -2.27. The van der Waals surface area contributed by atoms with Crippen molar-refractivity contribution in [3.8, 4) is 23.0 Å². The average Bonchev–Trinajstić information content (AvgIpc) is 3.37. The molecule has 11 heteroatoms. The molecule has 0 atom stereocenters. The largest absolute Gasteiger partial charge is 0.496 e. The summed E-state index contributed by atoms with van der Waals surface area (Å²) in [5.74, 6) is 1.49. The summed E-state index contributed by atoms with van der Waals surface area (Å²) in [5, 5.41) is 12.7. The minimum atomic E-state index is -3.54. The van der Waals surface area contributed by atoms with Crippen LogP contribution in [-0.2, 0) is 10.0 Å². The number of ether oxygens (including phenoxy) is 2. The van der Waals surface area contributed by atoms with E-state index in [-0.39, 0.29) is 17.4 Å². The highest BCUT2D eigenvalue weighted by atomic mass is 32.2. The van der Waals surface area contributed by atoms with E-state index in [2.05, 4.69) is 20.0 Å². The van der Waals surface area contributed by atoms with Crippen molar-refractivity contribution in [2.75, 3.05) is 20.3 Å². The Labute approximate surface area is 177 Å². The van der Waals surface area contributed by atoms with E-state index in [0.717, 1.165) is 10.4 Å². The second-order valence-electron chi connectivity index (χ2n) is 6.28.